The van der Waals surface area contributed by atoms with Crippen molar-refractivity contribution >= 4 is 10.0 Å². The van der Waals surface area contributed by atoms with Crippen LogP contribution in [0.5, 0.6) is 0 Å². The molecule has 92 valence electrons. The van der Waals surface area contributed by atoms with Gasteiger partial charge in [-0.1, -0.05) is 19.3 Å². The van der Waals surface area contributed by atoms with E-state index in [2.05, 4.69) is 16.0 Å². The fourth-order valence-corrected chi connectivity index (χ4v) is 3.41. The van der Waals surface area contributed by atoms with E-state index in [1.807, 2.05) is 6.92 Å². The van der Waals surface area contributed by atoms with E-state index in [9.17, 15) is 8.42 Å². The summed E-state index contributed by atoms with van der Waals surface area (Å²) in [6.07, 6.45) is 9.00. The molecule has 0 aromatic heterocycles. The summed E-state index contributed by atoms with van der Waals surface area (Å²) < 4.78 is 26.1. The molecule has 0 bridgehead atoms. The predicted molar refractivity (Wildman–Crippen MR) is 65.5 cm³/mol. The largest absolute Gasteiger partial charge is 0.313 e. The van der Waals surface area contributed by atoms with Crippen LogP contribution in [0.25, 0.3) is 0 Å². The van der Waals surface area contributed by atoms with Crippen molar-refractivity contribution in [3.8, 4) is 12.3 Å². The molecule has 0 radical (unpaired) electrons. The second kappa shape index (κ2) is 6.24. The number of rotatable bonds is 5. The van der Waals surface area contributed by atoms with Crippen molar-refractivity contribution in [2.45, 2.75) is 44.7 Å². The Labute approximate surface area is 98.2 Å². The van der Waals surface area contributed by atoms with Gasteiger partial charge in [0, 0.05) is 6.04 Å². The lowest BCUT2D eigenvalue weighted by molar-refractivity contribution is 0.422. The molecule has 1 heterocycles. The smallest absolute Gasteiger partial charge is 0.214 e. The van der Waals surface area contributed by atoms with Crippen LogP contribution in [-0.4, -0.2) is 32.8 Å². The molecule has 1 aliphatic heterocycles. The summed E-state index contributed by atoms with van der Waals surface area (Å²) in [5.41, 5.74) is 0. The molecule has 0 aromatic carbocycles. The molecule has 0 spiro atoms. The lowest BCUT2D eigenvalue weighted by Gasteiger charge is -2.23. The number of sulfonamides is 1. The Balaban J connectivity index is 2.47. The van der Waals surface area contributed by atoms with Gasteiger partial charge in [-0.3, -0.25) is 0 Å². The standard InChI is InChI=1S/C11H20N2O2S/c1-3-10(4-2)13-16(14,15)9-11-7-5-6-8-12-11/h1,10-13H,4-9H2,2H3. The SMILES string of the molecule is C#CC(CC)NS(=O)(=O)CC1CCCCN1. The van der Waals surface area contributed by atoms with E-state index in [1.54, 1.807) is 0 Å². The van der Waals surface area contributed by atoms with Crippen molar-refractivity contribution in [1.82, 2.24) is 10.0 Å². The monoisotopic (exact) mass is 244 g/mol. The molecule has 1 aliphatic rings. The van der Waals surface area contributed by atoms with Crippen molar-refractivity contribution in [1.29, 1.82) is 0 Å². The van der Waals surface area contributed by atoms with Crippen LogP contribution >= 0.6 is 0 Å². The van der Waals surface area contributed by atoms with Gasteiger partial charge in [0.2, 0.25) is 10.0 Å². The Kier molecular flexibility index (Phi) is 5.26. The van der Waals surface area contributed by atoms with E-state index in [4.69, 9.17) is 6.42 Å². The number of terminal acetylenes is 1. The normalized spacial score (nSPS) is 23.6. The molecule has 0 saturated carbocycles. The Morgan fingerprint density at radius 3 is 2.81 bits per heavy atom. The molecule has 1 saturated heterocycles. The van der Waals surface area contributed by atoms with E-state index in [-0.39, 0.29) is 17.8 Å². The third-order valence-corrected chi connectivity index (χ3v) is 4.25. The Hall–Kier alpha value is -0.570. The lowest BCUT2D eigenvalue weighted by atomic mass is 10.1. The molecule has 1 fully saturated rings. The Bertz CT molecular complexity index is 339. The zero-order chi connectivity index (χ0) is 12.0. The second-order valence-corrected chi connectivity index (χ2v) is 5.97. The second-order valence-electron chi connectivity index (χ2n) is 4.17. The van der Waals surface area contributed by atoms with E-state index in [0.29, 0.717) is 6.42 Å². The average molecular weight is 244 g/mol. The molecule has 16 heavy (non-hydrogen) atoms. The van der Waals surface area contributed by atoms with Crippen molar-refractivity contribution in [2.75, 3.05) is 12.3 Å². The molecule has 4 nitrogen and oxygen atoms in total. The van der Waals surface area contributed by atoms with Crippen molar-refractivity contribution in [2.24, 2.45) is 0 Å². The van der Waals surface area contributed by atoms with Crippen LogP contribution in [0.4, 0.5) is 0 Å². The summed E-state index contributed by atoms with van der Waals surface area (Å²) in [7, 11) is -3.26. The molecule has 0 aromatic rings. The van der Waals surface area contributed by atoms with Crippen LogP contribution in [0, 0.1) is 12.3 Å². The fraction of sp³-hybridized carbons (Fsp3) is 0.818. The molecule has 2 atom stereocenters. The zero-order valence-electron chi connectivity index (χ0n) is 9.70. The third-order valence-electron chi connectivity index (χ3n) is 2.76. The van der Waals surface area contributed by atoms with Gasteiger partial charge in [0.05, 0.1) is 11.8 Å². The van der Waals surface area contributed by atoms with Gasteiger partial charge in [0.25, 0.3) is 0 Å². The van der Waals surface area contributed by atoms with Gasteiger partial charge in [-0.2, -0.15) is 0 Å². The quantitative estimate of drug-likeness (QED) is 0.691. The highest BCUT2D eigenvalue weighted by Crippen LogP contribution is 2.09. The first-order valence-electron chi connectivity index (χ1n) is 5.77. The van der Waals surface area contributed by atoms with Gasteiger partial charge in [-0.25, -0.2) is 13.1 Å². The van der Waals surface area contributed by atoms with Gasteiger partial charge in [-0.05, 0) is 25.8 Å². The maximum Gasteiger partial charge on any atom is 0.214 e. The molecule has 0 aliphatic carbocycles. The molecular formula is C11H20N2O2S. The molecular weight excluding hydrogens is 224 g/mol. The Morgan fingerprint density at radius 1 is 1.56 bits per heavy atom. The maximum atomic E-state index is 11.8. The number of piperidine rings is 1. The highest BCUT2D eigenvalue weighted by atomic mass is 32.2. The first kappa shape index (κ1) is 13.5. The van der Waals surface area contributed by atoms with Crippen LogP contribution in [-0.2, 0) is 10.0 Å². The summed E-state index contributed by atoms with van der Waals surface area (Å²) in [6.45, 7) is 2.78. The summed E-state index contributed by atoms with van der Waals surface area (Å²) in [5.74, 6) is 2.56. The van der Waals surface area contributed by atoms with Gasteiger partial charge in [-0.15, -0.1) is 6.42 Å². The van der Waals surface area contributed by atoms with Gasteiger partial charge in [0.15, 0.2) is 0 Å². The number of hydrogen-bond acceptors (Lipinski definition) is 3. The lowest BCUT2D eigenvalue weighted by Crippen LogP contribution is -2.44. The summed E-state index contributed by atoms with van der Waals surface area (Å²) in [4.78, 5) is 0. The third kappa shape index (κ3) is 4.52. The predicted octanol–water partition coefficient (Wildman–Crippen LogP) is 0.460. The minimum atomic E-state index is -3.26. The molecule has 2 unspecified atom stereocenters. The van der Waals surface area contributed by atoms with Crippen molar-refractivity contribution < 1.29 is 8.42 Å². The zero-order valence-corrected chi connectivity index (χ0v) is 10.5. The minimum absolute atomic E-state index is 0.0709. The van der Waals surface area contributed by atoms with Crippen LogP contribution in [0.1, 0.15) is 32.6 Å². The van der Waals surface area contributed by atoms with Crippen LogP contribution in [0.2, 0.25) is 0 Å². The van der Waals surface area contributed by atoms with E-state index >= 15 is 0 Å². The summed E-state index contributed by atoms with van der Waals surface area (Å²) >= 11 is 0. The van der Waals surface area contributed by atoms with Gasteiger partial charge in [0.1, 0.15) is 0 Å². The van der Waals surface area contributed by atoms with Crippen molar-refractivity contribution in [3.63, 3.8) is 0 Å². The van der Waals surface area contributed by atoms with Gasteiger partial charge >= 0.3 is 0 Å². The average Bonchev–Trinajstić information content (AvgIpc) is 2.26. The summed E-state index contributed by atoms with van der Waals surface area (Å²) in [5, 5.41) is 3.21. The number of nitrogens with one attached hydrogen (secondary N) is 2. The minimum Gasteiger partial charge on any atom is -0.313 e. The fourth-order valence-electron chi connectivity index (χ4n) is 1.83. The van der Waals surface area contributed by atoms with E-state index < -0.39 is 10.0 Å². The van der Waals surface area contributed by atoms with E-state index in [1.165, 1.54) is 0 Å². The highest BCUT2D eigenvalue weighted by Gasteiger charge is 2.22. The van der Waals surface area contributed by atoms with Crippen LogP contribution < -0.4 is 10.0 Å². The molecule has 0 amide bonds. The first-order chi connectivity index (χ1) is 7.57. The van der Waals surface area contributed by atoms with Crippen molar-refractivity contribution in [3.05, 3.63) is 0 Å². The van der Waals surface area contributed by atoms with Gasteiger partial charge < -0.3 is 5.32 Å². The first-order valence-corrected chi connectivity index (χ1v) is 7.42. The number of hydrogen-bond donors (Lipinski definition) is 2. The van der Waals surface area contributed by atoms with E-state index in [0.717, 1.165) is 25.8 Å². The van der Waals surface area contributed by atoms with Crippen LogP contribution in [0.15, 0.2) is 0 Å². The Morgan fingerprint density at radius 2 is 2.31 bits per heavy atom. The maximum absolute atomic E-state index is 11.8. The molecule has 5 heteroatoms. The molecule has 2 N–H and O–H groups in total. The summed E-state index contributed by atoms with van der Waals surface area (Å²) in [6, 6.07) is -0.310. The van der Waals surface area contributed by atoms with Crippen LogP contribution in [0.3, 0.4) is 0 Å². The topological polar surface area (TPSA) is 58.2 Å². The highest BCUT2D eigenvalue weighted by molar-refractivity contribution is 7.89. The molecule has 1 rings (SSSR count).